The van der Waals surface area contributed by atoms with Crippen LogP contribution in [-0.2, 0) is 31.0 Å². The third kappa shape index (κ3) is 13.6. The van der Waals surface area contributed by atoms with Crippen LogP contribution in [0.25, 0.3) is 16.6 Å². The minimum absolute atomic E-state index is 0.0609. The summed E-state index contributed by atoms with van der Waals surface area (Å²) >= 11 is 6.27. The number of H-pyrrole nitrogens is 1. The van der Waals surface area contributed by atoms with Crippen LogP contribution in [0.2, 0.25) is 5.02 Å². The molecule has 2 aliphatic carbocycles. The number of hydrogen-bond acceptors (Lipinski definition) is 14. The first kappa shape index (κ1) is 59.2. The zero-order valence-electron chi connectivity index (χ0n) is 47.9. The number of ether oxygens (including phenoxy) is 1. The summed E-state index contributed by atoms with van der Waals surface area (Å²) in [5, 5.41) is 22.5. The Bertz CT molecular complexity index is 3880. The fourth-order valence-corrected chi connectivity index (χ4v) is 13.4. The number of benzene rings is 4. The molecule has 3 aliphatic heterocycles. The fourth-order valence-electron chi connectivity index (χ4n) is 12.3. The number of nitrogens with one attached hydrogen (secondary N) is 5. The molecule has 86 heavy (non-hydrogen) atoms. The molecule has 1 unspecified atom stereocenters. The number of hydrogen-bond donors (Lipinski definition) is 5. The van der Waals surface area contributed by atoms with E-state index >= 15 is 0 Å². The number of nitro benzene ring substituents is 1. The summed E-state index contributed by atoms with van der Waals surface area (Å²) in [7, 11) is -4.66. The number of aromatic nitrogens is 2. The highest BCUT2D eigenvalue weighted by Gasteiger charge is 2.40. The summed E-state index contributed by atoms with van der Waals surface area (Å²) in [6, 6.07) is 24.7. The zero-order chi connectivity index (χ0) is 60.3. The van der Waals surface area contributed by atoms with Crippen LogP contribution in [0.3, 0.4) is 0 Å². The Morgan fingerprint density at radius 3 is 2.49 bits per heavy atom. The molecule has 22 heteroatoms. The largest absolute Gasteiger partial charge is 0.455 e. The van der Waals surface area contributed by atoms with E-state index in [1.807, 2.05) is 18.2 Å². The average molecular weight is 1200 g/mol. The Morgan fingerprint density at radius 1 is 0.930 bits per heavy atom. The van der Waals surface area contributed by atoms with Crippen LogP contribution in [0.15, 0.2) is 114 Å². The summed E-state index contributed by atoms with van der Waals surface area (Å²) in [6.45, 7) is 9.04. The van der Waals surface area contributed by atoms with Gasteiger partial charge in [0.15, 0.2) is 0 Å². The van der Waals surface area contributed by atoms with Crippen LogP contribution >= 0.6 is 11.6 Å². The van der Waals surface area contributed by atoms with Crippen LogP contribution in [0, 0.1) is 33.3 Å². The monoisotopic (exact) mass is 1200 g/mol. The van der Waals surface area contributed by atoms with Crippen molar-refractivity contribution in [3.8, 4) is 23.3 Å². The molecule has 2 saturated heterocycles. The number of aromatic amines is 1. The van der Waals surface area contributed by atoms with E-state index in [1.54, 1.807) is 42.6 Å². The van der Waals surface area contributed by atoms with Crippen LogP contribution in [0.1, 0.15) is 122 Å². The third-order valence-corrected chi connectivity index (χ3v) is 18.7. The molecule has 2 aromatic heterocycles. The number of piperidine rings is 1. The highest BCUT2D eigenvalue weighted by molar-refractivity contribution is 7.90. The number of imide groups is 1. The van der Waals surface area contributed by atoms with Crippen molar-refractivity contribution in [2.24, 2.45) is 11.3 Å². The molecule has 1 saturated carbocycles. The number of piperazine rings is 1. The van der Waals surface area contributed by atoms with E-state index < -0.39 is 43.4 Å². The predicted molar refractivity (Wildman–Crippen MR) is 326 cm³/mol. The van der Waals surface area contributed by atoms with Gasteiger partial charge in [0.1, 0.15) is 28.9 Å². The molecule has 3 fully saturated rings. The number of carbonyl (C=O) groups is 5. The van der Waals surface area contributed by atoms with Crippen molar-refractivity contribution in [2.75, 3.05) is 49.5 Å². The Balaban J connectivity index is 0.686. The van der Waals surface area contributed by atoms with E-state index in [9.17, 15) is 42.5 Å². The number of rotatable bonds is 17. The first-order valence-corrected chi connectivity index (χ1v) is 31.0. The maximum atomic E-state index is 14.2. The van der Waals surface area contributed by atoms with Gasteiger partial charge in [0, 0.05) is 117 Å². The second kappa shape index (κ2) is 25.2. The Hall–Kier alpha value is -8.58. The van der Waals surface area contributed by atoms with E-state index in [2.05, 4.69) is 78.3 Å². The van der Waals surface area contributed by atoms with Gasteiger partial charge >= 0.3 is 0 Å². The standard InChI is InChI=1S/C64H67ClN10O10S/c1-64(2)26-24-44(52(35-64)42-12-14-45(65)15-13-42)38-72-28-30-73(31-29-72)47-18-20-51(57(33-47)85-48-32-43-25-27-66-60(43)68-37-48)61(78)71-86(83,84)49-19-21-54(56(34-49)75(81)82)67-36-40-10-16-46(17-11-40)69-58(76)9-4-3-6-41-7-5-8-50-53(41)39-74(63(50)80)55-22-23-59(77)70-62(55)79/h5,7-8,12-15,18-21,25,27,32-34,37,40,46,55,67H,4,9-11,16-17,22-24,26,28-31,35-36,38-39H2,1-2H3,(H,66,68)(H,69,76)(H,71,78)(H,70,77,79)/t40-,46-,55?. The number of anilines is 2. The zero-order valence-corrected chi connectivity index (χ0v) is 49.5. The molecule has 5 amide bonds. The molecule has 4 aromatic carbocycles. The van der Waals surface area contributed by atoms with Gasteiger partial charge in [-0.25, -0.2) is 18.1 Å². The molecule has 5 N–H and O–H groups in total. The minimum atomic E-state index is -4.66. The molecule has 11 rings (SSSR count). The fraction of sp³-hybridized carbons (Fsp3) is 0.375. The molecule has 446 valence electrons. The Morgan fingerprint density at radius 2 is 1.72 bits per heavy atom. The van der Waals surface area contributed by atoms with Crippen LogP contribution in [-0.4, -0.2) is 114 Å². The lowest BCUT2D eigenvalue weighted by Crippen LogP contribution is -2.52. The SMILES string of the molecule is CC1(C)CCC(CN2CCN(c3ccc(C(=O)NS(=O)(=O)c4ccc(NC[C@H]5CC[C@H](NC(=O)CCC#Cc6cccc7c6CN(C6CCC(=O)NC6=O)C7=O)CC5)c([N+](=O)[O-])c4)c(Oc4cnc5[nH]ccc5c4)c3)CC2)=C(c2ccc(Cl)cc2)C1. The molecule has 0 spiro atoms. The van der Waals surface area contributed by atoms with Gasteiger partial charge in [0.2, 0.25) is 17.7 Å². The first-order chi connectivity index (χ1) is 41.3. The molecule has 6 aromatic rings. The summed E-state index contributed by atoms with van der Waals surface area (Å²) in [6.07, 6.45) is 10.1. The lowest BCUT2D eigenvalue weighted by molar-refractivity contribution is -0.384. The molecule has 20 nitrogen and oxygen atoms in total. The molecule has 1 atom stereocenters. The molecule has 5 aliphatic rings. The molecular formula is C64H67ClN10O10S. The summed E-state index contributed by atoms with van der Waals surface area (Å²) in [5.41, 5.74) is 7.06. The number of pyridine rings is 1. The van der Waals surface area contributed by atoms with E-state index in [0.29, 0.717) is 65.6 Å². The number of nitrogens with zero attached hydrogens (tertiary/aromatic N) is 5. The van der Waals surface area contributed by atoms with Crippen molar-refractivity contribution in [3.63, 3.8) is 0 Å². The molecular weight excluding hydrogens is 1140 g/mol. The van der Waals surface area contributed by atoms with Crippen molar-refractivity contribution in [1.29, 1.82) is 0 Å². The van der Waals surface area contributed by atoms with Gasteiger partial charge in [-0.2, -0.15) is 0 Å². The second-order valence-corrected chi connectivity index (χ2v) is 25.8. The predicted octanol–water partition coefficient (Wildman–Crippen LogP) is 9.50. The van der Waals surface area contributed by atoms with Gasteiger partial charge < -0.3 is 30.2 Å². The van der Waals surface area contributed by atoms with Crippen molar-refractivity contribution in [1.82, 2.24) is 35.1 Å². The highest BCUT2D eigenvalue weighted by Crippen LogP contribution is 2.44. The van der Waals surface area contributed by atoms with E-state index in [0.717, 1.165) is 68.9 Å². The van der Waals surface area contributed by atoms with Crippen molar-refractivity contribution in [2.45, 2.75) is 108 Å². The van der Waals surface area contributed by atoms with Crippen molar-refractivity contribution in [3.05, 3.63) is 152 Å². The summed E-state index contributed by atoms with van der Waals surface area (Å²) in [5.74, 6) is 4.42. The van der Waals surface area contributed by atoms with Gasteiger partial charge in [0.05, 0.1) is 21.6 Å². The number of fused-ring (bicyclic) bond motifs is 2. The van der Waals surface area contributed by atoms with Crippen molar-refractivity contribution >= 4 is 84.8 Å². The minimum Gasteiger partial charge on any atom is -0.455 e. The summed E-state index contributed by atoms with van der Waals surface area (Å²) < 4.78 is 36.4. The van der Waals surface area contributed by atoms with Gasteiger partial charge in [-0.3, -0.25) is 44.3 Å². The number of halogens is 1. The lowest BCUT2D eigenvalue weighted by atomic mass is 9.72. The molecule has 0 radical (unpaired) electrons. The summed E-state index contributed by atoms with van der Waals surface area (Å²) in [4.78, 5) is 89.5. The van der Waals surface area contributed by atoms with Crippen molar-refractivity contribution < 1.29 is 42.1 Å². The maximum Gasteiger partial charge on any atom is 0.293 e. The van der Waals surface area contributed by atoms with Crippen LogP contribution < -0.4 is 30.3 Å². The van der Waals surface area contributed by atoms with E-state index in [1.165, 1.54) is 46.0 Å². The Labute approximate surface area is 503 Å². The van der Waals surface area contributed by atoms with E-state index in [4.69, 9.17) is 16.3 Å². The number of nitro groups is 1. The second-order valence-electron chi connectivity index (χ2n) is 23.6. The number of allylic oxidation sites excluding steroid dienone is 1. The van der Waals surface area contributed by atoms with Crippen LogP contribution in [0.4, 0.5) is 17.1 Å². The average Bonchev–Trinajstić information content (AvgIpc) is 1.92. The van der Waals surface area contributed by atoms with Gasteiger partial charge in [-0.15, -0.1) is 0 Å². The first-order valence-electron chi connectivity index (χ1n) is 29.2. The third-order valence-electron chi connectivity index (χ3n) is 17.1. The van der Waals surface area contributed by atoms with Gasteiger partial charge in [0.25, 0.3) is 27.5 Å². The molecule has 5 heterocycles. The Kier molecular flexibility index (Phi) is 17.3. The van der Waals surface area contributed by atoms with Gasteiger partial charge in [-0.1, -0.05) is 61.1 Å². The quantitative estimate of drug-likeness (QED) is 0.0247. The highest BCUT2D eigenvalue weighted by atomic mass is 35.5. The smallest absolute Gasteiger partial charge is 0.293 e. The maximum absolute atomic E-state index is 14.2. The number of sulfonamides is 1. The number of carbonyl (C=O) groups excluding carboxylic acids is 5. The van der Waals surface area contributed by atoms with E-state index in [-0.39, 0.29) is 84.3 Å². The number of amides is 5. The van der Waals surface area contributed by atoms with Crippen LogP contribution in [0.5, 0.6) is 11.5 Å². The molecule has 0 bridgehead atoms. The lowest BCUT2D eigenvalue weighted by Gasteiger charge is -2.39. The normalized spacial score (nSPS) is 19.8. The van der Waals surface area contributed by atoms with Gasteiger partial charge in [-0.05, 0) is 140 Å². The topological polar surface area (TPSA) is 258 Å².